The van der Waals surface area contributed by atoms with E-state index in [0.29, 0.717) is 6.42 Å². The highest BCUT2D eigenvalue weighted by Gasteiger charge is 2.07. The van der Waals surface area contributed by atoms with Crippen LogP contribution in [0.4, 0.5) is 0 Å². The van der Waals surface area contributed by atoms with Gasteiger partial charge in [-0.1, -0.05) is 0 Å². The van der Waals surface area contributed by atoms with Crippen LogP contribution in [-0.4, -0.2) is 20.5 Å². The Morgan fingerprint density at radius 2 is 2.27 bits per heavy atom. The van der Waals surface area contributed by atoms with E-state index in [9.17, 15) is 4.79 Å². The molecule has 0 saturated heterocycles. The van der Waals surface area contributed by atoms with Gasteiger partial charge < -0.3 is 0 Å². The maximum atomic E-state index is 11.0. The van der Waals surface area contributed by atoms with Crippen molar-refractivity contribution in [3.05, 3.63) is 23.5 Å². The van der Waals surface area contributed by atoms with Crippen molar-refractivity contribution in [3.63, 3.8) is 0 Å². The van der Waals surface area contributed by atoms with Crippen molar-refractivity contribution in [1.82, 2.24) is 14.8 Å². The lowest BCUT2D eigenvalue weighted by Gasteiger charge is -1.98. The number of carbonyl (C=O) groups is 1. The van der Waals surface area contributed by atoms with E-state index in [-0.39, 0.29) is 5.78 Å². The summed E-state index contributed by atoms with van der Waals surface area (Å²) in [7, 11) is 1.87. The highest BCUT2D eigenvalue weighted by atomic mass is 16.1. The van der Waals surface area contributed by atoms with Gasteiger partial charge in [0.2, 0.25) is 0 Å². The van der Waals surface area contributed by atoms with Gasteiger partial charge in [0.25, 0.3) is 0 Å². The molecule has 2 aromatic rings. The number of fused-ring (bicyclic) bond motifs is 1. The molecule has 0 spiro atoms. The summed E-state index contributed by atoms with van der Waals surface area (Å²) in [5.74, 6) is 0.151. The average Bonchev–Trinajstić information content (AvgIpc) is 2.41. The lowest BCUT2D eigenvalue weighted by Crippen LogP contribution is -1.97. The van der Waals surface area contributed by atoms with Crippen LogP contribution in [0.2, 0.25) is 0 Å². The predicted molar refractivity (Wildman–Crippen MR) is 57.6 cm³/mol. The quantitative estimate of drug-likeness (QED) is 0.741. The summed E-state index contributed by atoms with van der Waals surface area (Å²) in [6.07, 6.45) is 2.18. The molecule has 0 aromatic carbocycles. The van der Waals surface area contributed by atoms with Crippen LogP contribution in [0.1, 0.15) is 18.2 Å². The second-order valence-corrected chi connectivity index (χ2v) is 3.80. The fourth-order valence-electron chi connectivity index (χ4n) is 1.74. The number of pyridine rings is 1. The van der Waals surface area contributed by atoms with E-state index in [1.165, 1.54) is 0 Å². The first-order valence-electron chi connectivity index (χ1n) is 4.85. The van der Waals surface area contributed by atoms with E-state index in [1.54, 1.807) is 17.8 Å². The zero-order valence-corrected chi connectivity index (χ0v) is 9.11. The molecule has 2 aromatic heterocycles. The standard InChI is InChI=1S/C11H13N3O/c1-7(15)4-9-5-10-8(2)13-14(3)11(10)12-6-9/h5-6H,4H2,1-3H3. The van der Waals surface area contributed by atoms with Crippen molar-refractivity contribution in [2.45, 2.75) is 20.3 Å². The molecule has 0 saturated carbocycles. The summed E-state index contributed by atoms with van der Waals surface area (Å²) >= 11 is 0. The monoisotopic (exact) mass is 203 g/mol. The van der Waals surface area contributed by atoms with Crippen LogP contribution >= 0.6 is 0 Å². The molecule has 0 amide bonds. The maximum Gasteiger partial charge on any atom is 0.157 e. The van der Waals surface area contributed by atoms with Gasteiger partial charge in [-0.3, -0.25) is 9.48 Å². The Bertz CT molecular complexity index is 528. The summed E-state index contributed by atoms with van der Waals surface area (Å²) < 4.78 is 1.75. The number of aromatic nitrogens is 3. The van der Waals surface area contributed by atoms with E-state index in [1.807, 2.05) is 20.0 Å². The summed E-state index contributed by atoms with van der Waals surface area (Å²) in [6, 6.07) is 1.99. The number of Topliss-reactive ketones (excluding diaryl/α,β-unsaturated/α-hetero) is 1. The number of ketones is 1. The number of carbonyl (C=O) groups excluding carboxylic acids is 1. The average molecular weight is 203 g/mol. The molecule has 4 heteroatoms. The number of rotatable bonds is 2. The van der Waals surface area contributed by atoms with Crippen molar-refractivity contribution < 1.29 is 4.79 Å². The van der Waals surface area contributed by atoms with Gasteiger partial charge in [0.05, 0.1) is 5.69 Å². The first-order valence-corrected chi connectivity index (χ1v) is 4.85. The first kappa shape index (κ1) is 9.83. The van der Waals surface area contributed by atoms with Gasteiger partial charge in [-0.15, -0.1) is 0 Å². The third kappa shape index (κ3) is 1.75. The van der Waals surface area contributed by atoms with Gasteiger partial charge in [0.15, 0.2) is 5.65 Å². The number of nitrogens with zero attached hydrogens (tertiary/aromatic N) is 3. The highest BCUT2D eigenvalue weighted by Crippen LogP contribution is 2.16. The lowest BCUT2D eigenvalue weighted by molar-refractivity contribution is -0.116. The first-order chi connectivity index (χ1) is 7.08. The van der Waals surface area contributed by atoms with Crippen molar-refractivity contribution in [3.8, 4) is 0 Å². The van der Waals surface area contributed by atoms with Crippen LogP contribution in [0.25, 0.3) is 11.0 Å². The fourth-order valence-corrected chi connectivity index (χ4v) is 1.74. The summed E-state index contributed by atoms with van der Waals surface area (Å²) in [5.41, 5.74) is 2.76. The minimum absolute atomic E-state index is 0.151. The molecule has 15 heavy (non-hydrogen) atoms. The Hall–Kier alpha value is -1.71. The lowest BCUT2D eigenvalue weighted by atomic mass is 10.1. The van der Waals surface area contributed by atoms with Gasteiger partial charge in [-0.25, -0.2) is 4.98 Å². The van der Waals surface area contributed by atoms with Gasteiger partial charge in [0.1, 0.15) is 5.78 Å². The molecule has 0 N–H and O–H groups in total. The smallest absolute Gasteiger partial charge is 0.157 e. The molecule has 0 aliphatic rings. The normalized spacial score (nSPS) is 10.9. The molecule has 2 rings (SSSR count). The summed E-state index contributed by atoms with van der Waals surface area (Å²) in [5, 5.41) is 5.30. The highest BCUT2D eigenvalue weighted by molar-refractivity contribution is 5.82. The Labute approximate surface area is 87.9 Å². The maximum absolute atomic E-state index is 11.0. The van der Waals surface area contributed by atoms with Gasteiger partial charge in [0, 0.05) is 25.1 Å². The zero-order valence-electron chi connectivity index (χ0n) is 9.11. The fraction of sp³-hybridized carbons (Fsp3) is 0.364. The van der Waals surface area contributed by atoms with E-state index in [2.05, 4.69) is 10.1 Å². The number of aryl methyl sites for hydroxylation is 2. The van der Waals surface area contributed by atoms with E-state index in [4.69, 9.17) is 0 Å². The SMILES string of the molecule is CC(=O)Cc1cnc2c(c1)c(C)nn2C. The van der Waals surface area contributed by atoms with Crippen LogP contribution in [0.3, 0.4) is 0 Å². The Morgan fingerprint density at radius 1 is 1.53 bits per heavy atom. The molecular formula is C11H13N3O. The molecule has 0 radical (unpaired) electrons. The Balaban J connectivity index is 2.55. The molecule has 0 atom stereocenters. The van der Waals surface area contributed by atoms with Crippen molar-refractivity contribution >= 4 is 16.8 Å². The molecule has 0 aliphatic carbocycles. The second kappa shape index (κ2) is 3.46. The van der Waals surface area contributed by atoms with Crippen molar-refractivity contribution in [1.29, 1.82) is 0 Å². The second-order valence-electron chi connectivity index (χ2n) is 3.80. The van der Waals surface area contributed by atoms with E-state index < -0.39 is 0 Å². The van der Waals surface area contributed by atoms with Gasteiger partial charge >= 0.3 is 0 Å². The van der Waals surface area contributed by atoms with Gasteiger partial charge in [-0.05, 0) is 25.5 Å². The van der Waals surface area contributed by atoms with Crippen LogP contribution in [0.15, 0.2) is 12.3 Å². The molecule has 2 heterocycles. The van der Waals surface area contributed by atoms with Crippen molar-refractivity contribution in [2.24, 2.45) is 7.05 Å². The molecule has 78 valence electrons. The minimum Gasteiger partial charge on any atom is -0.300 e. The van der Waals surface area contributed by atoms with Crippen LogP contribution in [0, 0.1) is 6.92 Å². The van der Waals surface area contributed by atoms with Crippen LogP contribution in [-0.2, 0) is 18.3 Å². The third-order valence-corrected chi connectivity index (χ3v) is 2.37. The Kier molecular flexibility index (Phi) is 2.26. The number of hydrogen-bond acceptors (Lipinski definition) is 3. The molecular weight excluding hydrogens is 190 g/mol. The zero-order chi connectivity index (χ0) is 11.0. The van der Waals surface area contributed by atoms with E-state index >= 15 is 0 Å². The topological polar surface area (TPSA) is 47.8 Å². The predicted octanol–water partition coefficient (Wildman–Crippen LogP) is 1.41. The third-order valence-electron chi connectivity index (χ3n) is 2.37. The minimum atomic E-state index is 0.151. The summed E-state index contributed by atoms with van der Waals surface area (Å²) in [4.78, 5) is 15.3. The number of hydrogen-bond donors (Lipinski definition) is 0. The molecule has 0 aliphatic heterocycles. The molecule has 4 nitrogen and oxygen atoms in total. The van der Waals surface area contributed by atoms with Gasteiger partial charge in [-0.2, -0.15) is 5.10 Å². The van der Waals surface area contributed by atoms with Crippen molar-refractivity contribution in [2.75, 3.05) is 0 Å². The Morgan fingerprint density at radius 3 is 2.93 bits per heavy atom. The molecule has 0 bridgehead atoms. The summed E-state index contributed by atoms with van der Waals surface area (Å²) in [6.45, 7) is 3.53. The molecule has 0 fully saturated rings. The largest absolute Gasteiger partial charge is 0.300 e. The molecule has 0 unspecified atom stereocenters. The van der Waals surface area contributed by atoms with Crippen LogP contribution in [0.5, 0.6) is 0 Å². The van der Waals surface area contributed by atoms with Crippen LogP contribution < -0.4 is 0 Å². The van der Waals surface area contributed by atoms with E-state index in [0.717, 1.165) is 22.3 Å².